The highest BCUT2D eigenvalue weighted by Crippen LogP contribution is 2.30. The van der Waals surface area contributed by atoms with Crippen LogP contribution in [0.3, 0.4) is 0 Å². The monoisotopic (exact) mass is 349 g/mol. The predicted octanol–water partition coefficient (Wildman–Crippen LogP) is 3.09. The first-order valence-corrected chi connectivity index (χ1v) is 8.64. The number of anilines is 1. The van der Waals surface area contributed by atoms with Gasteiger partial charge >= 0.3 is 5.97 Å². The summed E-state index contributed by atoms with van der Waals surface area (Å²) >= 11 is 0. The van der Waals surface area contributed by atoms with Gasteiger partial charge in [-0.1, -0.05) is 18.2 Å². The first kappa shape index (κ1) is 16.3. The normalized spacial score (nSPS) is 16.3. The van der Waals surface area contributed by atoms with Gasteiger partial charge in [-0.05, 0) is 49.6 Å². The Morgan fingerprint density at radius 2 is 2.12 bits per heavy atom. The van der Waals surface area contributed by atoms with Crippen LogP contribution >= 0.6 is 0 Å². The number of amides is 1. The van der Waals surface area contributed by atoms with Crippen LogP contribution in [-0.4, -0.2) is 34.7 Å². The zero-order valence-electron chi connectivity index (χ0n) is 14.4. The van der Waals surface area contributed by atoms with E-state index in [4.69, 9.17) is 4.74 Å². The van der Waals surface area contributed by atoms with Gasteiger partial charge in [0.05, 0.1) is 17.3 Å². The molecule has 1 aromatic heterocycles. The summed E-state index contributed by atoms with van der Waals surface area (Å²) in [6.45, 7) is 1.74. The molecule has 2 heterocycles. The van der Waals surface area contributed by atoms with E-state index in [1.165, 1.54) is 0 Å². The third-order valence-electron chi connectivity index (χ3n) is 4.79. The van der Waals surface area contributed by atoms with Crippen LogP contribution in [0.2, 0.25) is 0 Å². The summed E-state index contributed by atoms with van der Waals surface area (Å²) in [5.41, 5.74) is 3.30. The average Bonchev–Trinajstić information content (AvgIpc) is 3.13. The van der Waals surface area contributed by atoms with Crippen LogP contribution in [0.1, 0.15) is 29.3 Å². The number of aryl methyl sites for hydroxylation is 1. The minimum Gasteiger partial charge on any atom is -0.452 e. The molecule has 1 unspecified atom stereocenters. The van der Waals surface area contributed by atoms with Gasteiger partial charge in [-0.3, -0.25) is 9.89 Å². The van der Waals surface area contributed by atoms with E-state index in [2.05, 4.69) is 10.2 Å². The molecule has 3 aromatic rings. The van der Waals surface area contributed by atoms with Crippen LogP contribution in [0.25, 0.3) is 10.9 Å². The molecule has 1 aliphatic heterocycles. The van der Waals surface area contributed by atoms with Gasteiger partial charge in [0.15, 0.2) is 6.61 Å². The molecule has 6 nitrogen and oxygen atoms in total. The number of benzene rings is 2. The lowest BCUT2D eigenvalue weighted by molar-refractivity contribution is -0.122. The van der Waals surface area contributed by atoms with Gasteiger partial charge in [-0.15, -0.1) is 0 Å². The lowest BCUT2D eigenvalue weighted by atomic mass is 9.96. The molecule has 26 heavy (non-hydrogen) atoms. The van der Waals surface area contributed by atoms with Crippen LogP contribution in [0.4, 0.5) is 5.69 Å². The van der Waals surface area contributed by atoms with Crippen molar-refractivity contribution in [1.82, 2.24) is 10.2 Å². The first-order chi connectivity index (χ1) is 12.6. The number of esters is 1. The van der Waals surface area contributed by atoms with Crippen molar-refractivity contribution >= 4 is 28.5 Å². The molecular formula is C20H19N3O3. The third-order valence-corrected chi connectivity index (χ3v) is 4.79. The maximum absolute atomic E-state index is 12.7. The maximum Gasteiger partial charge on any atom is 0.338 e. The molecule has 1 aliphatic rings. The SMILES string of the molecule is CC1CCc2ccccc2N1C(=O)COC(=O)c1ccc2[nH]ncc2c1. The van der Waals surface area contributed by atoms with Gasteiger partial charge < -0.3 is 9.64 Å². The summed E-state index contributed by atoms with van der Waals surface area (Å²) in [5, 5.41) is 7.58. The summed E-state index contributed by atoms with van der Waals surface area (Å²) in [4.78, 5) is 26.8. The van der Waals surface area contributed by atoms with Gasteiger partial charge in [0.25, 0.3) is 5.91 Å². The molecule has 0 saturated heterocycles. The number of para-hydroxylation sites is 1. The first-order valence-electron chi connectivity index (χ1n) is 8.64. The van der Waals surface area contributed by atoms with Gasteiger partial charge in [-0.2, -0.15) is 5.10 Å². The van der Waals surface area contributed by atoms with E-state index in [9.17, 15) is 9.59 Å². The highest BCUT2D eigenvalue weighted by molar-refractivity contribution is 5.99. The van der Waals surface area contributed by atoms with Gasteiger partial charge in [0.2, 0.25) is 0 Å². The summed E-state index contributed by atoms with van der Waals surface area (Å²) in [6.07, 6.45) is 3.49. The molecule has 2 aromatic carbocycles. The summed E-state index contributed by atoms with van der Waals surface area (Å²) in [6, 6.07) is 13.1. The number of H-pyrrole nitrogens is 1. The molecule has 0 bridgehead atoms. The van der Waals surface area contributed by atoms with Crippen LogP contribution in [0, 0.1) is 0 Å². The molecule has 1 amide bonds. The van der Waals surface area contributed by atoms with E-state index < -0.39 is 5.97 Å². The summed E-state index contributed by atoms with van der Waals surface area (Å²) in [5.74, 6) is -0.721. The van der Waals surface area contributed by atoms with Gasteiger partial charge in [0, 0.05) is 17.1 Å². The highest BCUT2D eigenvalue weighted by atomic mass is 16.5. The van der Waals surface area contributed by atoms with Crippen molar-refractivity contribution in [1.29, 1.82) is 0 Å². The number of aromatic nitrogens is 2. The standard InChI is InChI=1S/C20H19N3O3/c1-13-6-7-14-4-2-3-5-18(14)23(13)19(24)12-26-20(25)15-8-9-17-16(10-15)11-21-22-17/h2-5,8-11,13H,6-7,12H2,1H3,(H,21,22). The van der Waals surface area contributed by atoms with Crippen LogP contribution < -0.4 is 4.90 Å². The fraction of sp³-hybridized carbons (Fsp3) is 0.250. The highest BCUT2D eigenvalue weighted by Gasteiger charge is 2.28. The molecule has 4 rings (SSSR count). The number of fused-ring (bicyclic) bond motifs is 2. The molecule has 6 heteroatoms. The zero-order valence-corrected chi connectivity index (χ0v) is 14.4. The largest absolute Gasteiger partial charge is 0.452 e. The molecule has 0 radical (unpaired) electrons. The number of nitrogens with zero attached hydrogens (tertiary/aromatic N) is 2. The zero-order chi connectivity index (χ0) is 18.1. The van der Waals surface area contributed by atoms with Crippen molar-refractivity contribution in [2.24, 2.45) is 0 Å². The molecule has 0 saturated carbocycles. The number of rotatable bonds is 3. The Labute approximate surface area is 150 Å². The number of carbonyl (C=O) groups excluding carboxylic acids is 2. The molecule has 0 aliphatic carbocycles. The number of carbonyl (C=O) groups is 2. The number of hydrogen-bond donors (Lipinski definition) is 1. The van der Waals surface area contributed by atoms with Crippen LogP contribution in [0.15, 0.2) is 48.7 Å². The van der Waals surface area contributed by atoms with Crippen LogP contribution in [-0.2, 0) is 16.0 Å². The second-order valence-corrected chi connectivity index (χ2v) is 6.53. The minimum atomic E-state index is -0.514. The Morgan fingerprint density at radius 3 is 3.00 bits per heavy atom. The van der Waals surface area contributed by atoms with Gasteiger partial charge in [-0.25, -0.2) is 4.79 Å². The number of ether oxygens (including phenoxy) is 1. The Kier molecular flexibility index (Phi) is 4.16. The van der Waals surface area contributed by atoms with Crippen molar-refractivity contribution in [3.8, 4) is 0 Å². The van der Waals surface area contributed by atoms with Crippen molar-refractivity contribution < 1.29 is 14.3 Å². The predicted molar refractivity (Wildman–Crippen MR) is 98.1 cm³/mol. The number of nitrogens with one attached hydrogen (secondary N) is 1. The van der Waals surface area contributed by atoms with Crippen molar-refractivity contribution in [3.63, 3.8) is 0 Å². The lowest BCUT2D eigenvalue weighted by Gasteiger charge is -2.35. The van der Waals surface area contributed by atoms with E-state index >= 15 is 0 Å². The Morgan fingerprint density at radius 1 is 1.27 bits per heavy atom. The third kappa shape index (κ3) is 2.94. The molecule has 1 atom stereocenters. The van der Waals surface area contributed by atoms with E-state index in [0.717, 1.165) is 35.0 Å². The Bertz CT molecular complexity index is 979. The molecule has 0 spiro atoms. The smallest absolute Gasteiger partial charge is 0.338 e. The van der Waals surface area contributed by atoms with Crippen molar-refractivity contribution in [2.45, 2.75) is 25.8 Å². The quantitative estimate of drug-likeness (QED) is 0.737. The fourth-order valence-electron chi connectivity index (χ4n) is 3.42. The van der Waals surface area contributed by atoms with Crippen molar-refractivity contribution in [3.05, 3.63) is 59.8 Å². The van der Waals surface area contributed by atoms with E-state index in [0.29, 0.717) is 5.56 Å². The van der Waals surface area contributed by atoms with Gasteiger partial charge in [0.1, 0.15) is 0 Å². The van der Waals surface area contributed by atoms with E-state index in [1.807, 2.05) is 31.2 Å². The second kappa shape index (κ2) is 6.63. The van der Waals surface area contributed by atoms with E-state index in [-0.39, 0.29) is 18.6 Å². The molecule has 1 N–H and O–H groups in total. The summed E-state index contributed by atoms with van der Waals surface area (Å²) in [7, 11) is 0. The maximum atomic E-state index is 12.7. The number of hydrogen-bond acceptors (Lipinski definition) is 4. The topological polar surface area (TPSA) is 75.3 Å². The average molecular weight is 349 g/mol. The minimum absolute atomic E-state index is 0.0818. The van der Waals surface area contributed by atoms with Crippen LogP contribution in [0.5, 0.6) is 0 Å². The molecule has 132 valence electrons. The number of aromatic amines is 1. The second-order valence-electron chi connectivity index (χ2n) is 6.53. The van der Waals surface area contributed by atoms with Crippen molar-refractivity contribution in [2.75, 3.05) is 11.5 Å². The molecular weight excluding hydrogens is 330 g/mol. The Balaban J connectivity index is 1.47. The fourth-order valence-corrected chi connectivity index (χ4v) is 3.42. The summed E-state index contributed by atoms with van der Waals surface area (Å²) < 4.78 is 5.27. The Hall–Kier alpha value is -3.15. The molecule has 0 fully saturated rings. The van der Waals surface area contributed by atoms with E-state index in [1.54, 1.807) is 29.3 Å². The lowest BCUT2D eigenvalue weighted by Crippen LogP contribution is -2.44.